The van der Waals surface area contributed by atoms with E-state index in [1.54, 1.807) is 0 Å². The number of halogens is 1. The van der Waals surface area contributed by atoms with E-state index in [2.05, 4.69) is 9.80 Å². The lowest BCUT2D eigenvalue weighted by atomic mass is 10.1. The Morgan fingerprint density at radius 1 is 1.18 bits per heavy atom. The number of nitrogens with zero attached hydrogens (tertiary/aromatic N) is 2. The number of hydrogen-bond donors (Lipinski definition) is 0. The summed E-state index contributed by atoms with van der Waals surface area (Å²) in [5.41, 5.74) is 1.05. The van der Waals surface area contributed by atoms with Gasteiger partial charge < -0.3 is 9.80 Å². The second-order valence-corrected chi connectivity index (χ2v) is 7.71. The molecule has 0 bridgehead atoms. The van der Waals surface area contributed by atoms with Gasteiger partial charge in [-0.25, -0.2) is 0 Å². The Hall–Kier alpha value is -0.710. The summed E-state index contributed by atoms with van der Waals surface area (Å²) < 4.78 is 0. The van der Waals surface area contributed by atoms with Crippen LogP contribution in [0.3, 0.4) is 0 Å². The topological polar surface area (TPSA) is 23.6 Å². The summed E-state index contributed by atoms with van der Waals surface area (Å²) >= 11 is 7.89. The molecule has 0 saturated carbocycles. The van der Waals surface area contributed by atoms with E-state index in [9.17, 15) is 4.79 Å². The second kappa shape index (κ2) is 7.71. The molecule has 0 spiro atoms. The second-order valence-electron chi connectivity index (χ2n) is 6.13. The van der Waals surface area contributed by atoms with Crippen LogP contribution in [0, 0.1) is 0 Å². The Morgan fingerprint density at radius 3 is 2.64 bits per heavy atom. The van der Waals surface area contributed by atoms with E-state index in [1.807, 2.05) is 36.0 Å². The number of rotatable bonds is 4. The molecule has 2 saturated heterocycles. The van der Waals surface area contributed by atoms with Gasteiger partial charge >= 0.3 is 0 Å². The molecule has 0 aliphatic carbocycles. The maximum absolute atomic E-state index is 12.7. The third-order valence-electron chi connectivity index (χ3n) is 4.48. The molecule has 2 aliphatic rings. The van der Waals surface area contributed by atoms with E-state index in [1.165, 1.54) is 25.9 Å². The van der Waals surface area contributed by atoms with Gasteiger partial charge in [-0.2, -0.15) is 11.8 Å². The minimum absolute atomic E-state index is 0.256. The SMILES string of the molecule is O=C(Cc1ccc(Cl)cc1)N1CCSCC1CN1CCCC1. The molecule has 120 valence electrons. The molecular formula is C17H23ClN2OS. The van der Waals surface area contributed by atoms with Crippen LogP contribution in [0.2, 0.25) is 5.02 Å². The van der Waals surface area contributed by atoms with Gasteiger partial charge in [-0.15, -0.1) is 0 Å². The number of carbonyl (C=O) groups excluding carboxylic acids is 1. The van der Waals surface area contributed by atoms with Crippen molar-refractivity contribution >= 4 is 29.3 Å². The maximum atomic E-state index is 12.7. The molecule has 1 atom stereocenters. The van der Waals surface area contributed by atoms with Crippen LogP contribution in [0.25, 0.3) is 0 Å². The van der Waals surface area contributed by atoms with Crippen LogP contribution < -0.4 is 0 Å². The fraction of sp³-hybridized carbons (Fsp3) is 0.588. The van der Waals surface area contributed by atoms with Crippen molar-refractivity contribution in [2.75, 3.05) is 37.7 Å². The Bertz CT molecular complexity index is 502. The first-order chi connectivity index (χ1) is 10.7. The predicted octanol–water partition coefficient (Wildman–Crippen LogP) is 2.92. The molecule has 1 aromatic rings. The zero-order valence-electron chi connectivity index (χ0n) is 12.8. The number of carbonyl (C=O) groups is 1. The van der Waals surface area contributed by atoms with E-state index in [-0.39, 0.29) is 5.91 Å². The molecule has 1 aromatic carbocycles. The summed E-state index contributed by atoms with van der Waals surface area (Å²) in [6, 6.07) is 8.00. The summed E-state index contributed by atoms with van der Waals surface area (Å²) in [6.45, 7) is 4.32. The lowest BCUT2D eigenvalue weighted by Gasteiger charge is -2.37. The van der Waals surface area contributed by atoms with Crippen molar-refractivity contribution in [3.8, 4) is 0 Å². The first-order valence-corrected chi connectivity index (χ1v) is 9.59. The number of likely N-dealkylation sites (tertiary alicyclic amines) is 1. The van der Waals surface area contributed by atoms with E-state index >= 15 is 0 Å². The number of amides is 1. The summed E-state index contributed by atoms with van der Waals surface area (Å²) in [4.78, 5) is 17.3. The molecule has 3 nitrogen and oxygen atoms in total. The molecule has 1 unspecified atom stereocenters. The number of hydrogen-bond acceptors (Lipinski definition) is 3. The van der Waals surface area contributed by atoms with Crippen LogP contribution in [0.15, 0.2) is 24.3 Å². The standard InChI is InChI=1S/C17H23ClN2OS/c18-15-5-3-14(4-6-15)11-17(21)20-9-10-22-13-16(20)12-19-7-1-2-8-19/h3-6,16H,1-2,7-13H2. The summed E-state index contributed by atoms with van der Waals surface area (Å²) in [6.07, 6.45) is 3.09. The normalized spacial score (nSPS) is 23.0. The van der Waals surface area contributed by atoms with Crippen molar-refractivity contribution in [2.45, 2.75) is 25.3 Å². The van der Waals surface area contributed by atoms with Gasteiger partial charge in [0.15, 0.2) is 0 Å². The molecule has 1 amide bonds. The molecule has 0 radical (unpaired) electrons. The lowest BCUT2D eigenvalue weighted by Crippen LogP contribution is -2.51. The number of thioether (sulfide) groups is 1. The molecule has 3 rings (SSSR count). The van der Waals surface area contributed by atoms with Gasteiger partial charge in [0.25, 0.3) is 0 Å². The smallest absolute Gasteiger partial charge is 0.227 e. The van der Waals surface area contributed by atoms with Gasteiger partial charge in [0.2, 0.25) is 5.91 Å². The fourth-order valence-electron chi connectivity index (χ4n) is 3.28. The van der Waals surface area contributed by atoms with Crippen LogP contribution in [-0.4, -0.2) is 59.4 Å². The Labute approximate surface area is 142 Å². The Balaban J connectivity index is 1.61. The van der Waals surface area contributed by atoms with Crippen molar-refractivity contribution in [1.29, 1.82) is 0 Å². The minimum atomic E-state index is 0.256. The van der Waals surface area contributed by atoms with E-state index in [0.717, 1.165) is 35.2 Å². The summed E-state index contributed by atoms with van der Waals surface area (Å²) in [5, 5.41) is 0.720. The largest absolute Gasteiger partial charge is 0.336 e. The van der Waals surface area contributed by atoms with Gasteiger partial charge in [0.05, 0.1) is 12.5 Å². The molecule has 2 fully saturated rings. The predicted molar refractivity (Wildman–Crippen MR) is 93.7 cm³/mol. The maximum Gasteiger partial charge on any atom is 0.227 e. The first kappa shape index (κ1) is 16.2. The lowest BCUT2D eigenvalue weighted by molar-refractivity contribution is -0.132. The summed E-state index contributed by atoms with van der Waals surface area (Å²) in [5.74, 6) is 2.39. The summed E-state index contributed by atoms with van der Waals surface area (Å²) in [7, 11) is 0. The monoisotopic (exact) mass is 338 g/mol. The zero-order valence-corrected chi connectivity index (χ0v) is 14.4. The first-order valence-electron chi connectivity index (χ1n) is 8.06. The van der Waals surface area contributed by atoms with Crippen LogP contribution in [0.1, 0.15) is 18.4 Å². The van der Waals surface area contributed by atoms with Crippen LogP contribution in [-0.2, 0) is 11.2 Å². The molecule has 2 heterocycles. The quantitative estimate of drug-likeness (QED) is 0.843. The van der Waals surface area contributed by atoms with Crippen molar-refractivity contribution in [2.24, 2.45) is 0 Å². The average molecular weight is 339 g/mol. The Kier molecular flexibility index (Phi) is 5.66. The van der Waals surface area contributed by atoms with Gasteiger partial charge in [-0.3, -0.25) is 4.79 Å². The van der Waals surface area contributed by atoms with E-state index < -0.39 is 0 Å². The molecular weight excluding hydrogens is 316 g/mol. The van der Waals surface area contributed by atoms with Gasteiger partial charge in [0, 0.05) is 29.6 Å². The average Bonchev–Trinajstić information content (AvgIpc) is 3.03. The fourth-order valence-corrected chi connectivity index (χ4v) is 4.45. The van der Waals surface area contributed by atoms with E-state index in [4.69, 9.17) is 11.6 Å². The molecule has 0 N–H and O–H groups in total. The van der Waals surface area contributed by atoms with Gasteiger partial charge in [-0.05, 0) is 43.6 Å². The molecule has 2 aliphatic heterocycles. The van der Waals surface area contributed by atoms with Gasteiger partial charge in [0.1, 0.15) is 0 Å². The molecule has 0 aromatic heterocycles. The Morgan fingerprint density at radius 2 is 1.91 bits per heavy atom. The van der Waals surface area contributed by atoms with E-state index in [0.29, 0.717) is 12.5 Å². The van der Waals surface area contributed by atoms with Crippen molar-refractivity contribution < 1.29 is 4.79 Å². The highest BCUT2D eigenvalue weighted by atomic mass is 35.5. The third-order valence-corrected chi connectivity index (χ3v) is 5.83. The van der Waals surface area contributed by atoms with Crippen LogP contribution in [0.5, 0.6) is 0 Å². The van der Waals surface area contributed by atoms with Crippen molar-refractivity contribution in [3.05, 3.63) is 34.9 Å². The third kappa shape index (κ3) is 4.18. The van der Waals surface area contributed by atoms with Crippen LogP contribution in [0.4, 0.5) is 0 Å². The highest BCUT2D eigenvalue weighted by Crippen LogP contribution is 2.21. The van der Waals surface area contributed by atoms with Crippen molar-refractivity contribution in [3.63, 3.8) is 0 Å². The number of benzene rings is 1. The molecule has 22 heavy (non-hydrogen) atoms. The zero-order chi connectivity index (χ0) is 15.4. The molecule has 5 heteroatoms. The minimum Gasteiger partial charge on any atom is -0.336 e. The van der Waals surface area contributed by atoms with Crippen LogP contribution >= 0.6 is 23.4 Å². The van der Waals surface area contributed by atoms with Gasteiger partial charge in [-0.1, -0.05) is 23.7 Å². The van der Waals surface area contributed by atoms with Crippen molar-refractivity contribution in [1.82, 2.24) is 9.80 Å². The highest BCUT2D eigenvalue weighted by Gasteiger charge is 2.29. The highest BCUT2D eigenvalue weighted by molar-refractivity contribution is 7.99.